The molecule has 0 aromatic heterocycles. The fourth-order valence-electron chi connectivity index (χ4n) is 2.95. The number of benzene rings is 2. The smallest absolute Gasteiger partial charge is 0.255 e. The molecule has 3 heteroatoms. The number of nitrogens with two attached hydrogens (primary N) is 1. The lowest BCUT2D eigenvalue weighted by molar-refractivity contribution is 0.102. The topological polar surface area (TPSA) is 55.1 Å². The summed E-state index contributed by atoms with van der Waals surface area (Å²) < 4.78 is 0. The Kier molecular flexibility index (Phi) is 4.52. The molecule has 122 valence electrons. The van der Waals surface area contributed by atoms with Crippen LogP contribution in [-0.4, -0.2) is 5.91 Å². The van der Waals surface area contributed by atoms with Gasteiger partial charge >= 0.3 is 0 Å². The van der Waals surface area contributed by atoms with Crippen molar-refractivity contribution in [1.82, 2.24) is 0 Å². The summed E-state index contributed by atoms with van der Waals surface area (Å²) in [6.45, 7) is 2.26. The fraction of sp³-hybridized carbons (Fsp3) is 0.190. The number of carbonyl (C=O) groups is 1. The number of allylic oxidation sites excluding steroid dienone is 4. The summed E-state index contributed by atoms with van der Waals surface area (Å²) in [6.07, 6.45) is 10.7. The second-order valence-electron chi connectivity index (χ2n) is 6.56. The van der Waals surface area contributed by atoms with Gasteiger partial charge in [0.15, 0.2) is 0 Å². The Hall–Kier alpha value is -2.81. The summed E-state index contributed by atoms with van der Waals surface area (Å²) in [6, 6.07) is 15.1. The van der Waals surface area contributed by atoms with E-state index in [1.54, 1.807) is 12.1 Å². The summed E-state index contributed by atoms with van der Waals surface area (Å²) in [5.41, 5.74) is 9.07. The highest BCUT2D eigenvalue weighted by molar-refractivity contribution is 6.05. The minimum Gasteiger partial charge on any atom is -0.397 e. The van der Waals surface area contributed by atoms with Gasteiger partial charge in [0.05, 0.1) is 11.4 Å². The largest absolute Gasteiger partial charge is 0.397 e. The first-order valence-electron chi connectivity index (χ1n) is 8.15. The molecule has 3 rings (SSSR count). The number of nitrogen functional groups attached to an aromatic ring is 1. The number of carbonyl (C=O) groups excluding carboxylic acids is 1. The number of amides is 1. The van der Waals surface area contributed by atoms with Crippen LogP contribution >= 0.6 is 0 Å². The van der Waals surface area contributed by atoms with Crippen LogP contribution < -0.4 is 11.1 Å². The van der Waals surface area contributed by atoms with Crippen LogP contribution in [-0.2, 0) is 6.42 Å². The molecule has 1 aliphatic carbocycles. The minimum atomic E-state index is -0.147. The molecule has 2 aromatic carbocycles. The van der Waals surface area contributed by atoms with Crippen molar-refractivity contribution in [2.24, 2.45) is 5.41 Å². The molecule has 2 aromatic rings. The molecule has 1 aliphatic rings. The Morgan fingerprint density at radius 3 is 2.54 bits per heavy atom. The zero-order chi connectivity index (χ0) is 17.0. The van der Waals surface area contributed by atoms with E-state index in [-0.39, 0.29) is 11.3 Å². The molecule has 0 bridgehead atoms. The van der Waals surface area contributed by atoms with Crippen LogP contribution in [0.2, 0.25) is 0 Å². The highest BCUT2D eigenvalue weighted by Crippen LogP contribution is 2.31. The van der Waals surface area contributed by atoms with Gasteiger partial charge in [0.2, 0.25) is 0 Å². The average Bonchev–Trinajstić information content (AvgIpc) is 2.58. The van der Waals surface area contributed by atoms with E-state index in [4.69, 9.17) is 5.73 Å². The van der Waals surface area contributed by atoms with Gasteiger partial charge in [-0.2, -0.15) is 0 Å². The Bertz CT molecular complexity index is 790. The molecule has 0 radical (unpaired) electrons. The van der Waals surface area contributed by atoms with Crippen LogP contribution in [0.5, 0.6) is 0 Å². The lowest BCUT2D eigenvalue weighted by Gasteiger charge is -2.26. The number of anilines is 2. The average molecular weight is 318 g/mol. The molecule has 0 aliphatic heterocycles. The second-order valence-corrected chi connectivity index (χ2v) is 6.56. The third kappa shape index (κ3) is 3.74. The quantitative estimate of drug-likeness (QED) is 0.810. The molecule has 0 heterocycles. The summed E-state index contributed by atoms with van der Waals surface area (Å²) in [5, 5.41) is 2.85. The molecule has 1 amide bonds. The summed E-state index contributed by atoms with van der Waals surface area (Å²) in [5.74, 6) is -0.147. The van der Waals surface area contributed by atoms with E-state index in [0.29, 0.717) is 16.9 Å². The molecule has 1 atom stereocenters. The van der Waals surface area contributed by atoms with Crippen LogP contribution in [0.4, 0.5) is 11.4 Å². The first-order valence-corrected chi connectivity index (χ1v) is 8.15. The number of nitrogens with one attached hydrogen (secondary N) is 1. The maximum Gasteiger partial charge on any atom is 0.255 e. The summed E-state index contributed by atoms with van der Waals surface area (Å²) in [7, 11) is 0. The van der Waals surface area contributed by atoms with Crippen LogP contribution in [0.25, 0.3) is 0 Å². The van der Waals surface area contributed by atoms with E-state index in [9.17, 15) is 4.79 Å². The van der Waals surface area contributed by atoms with Gasteiger partial charge in [0.25, 0.3) is 5.91 Å². The van der Waals surface area contributed by atoms with Gasteiger partial charge in [-0.15, -0.1) is 0 Å². The zero-order valence-corrected chi connectivity index (χ0v) is 13.8. The lowest BCUT2D eigenvalue weighted by atomic mass is 9.78. The van der Waals surface area contributed by atoms with E-state index in [1.807, 2.05) is 36.4 Å². The second kappa shape index (κ2) is 6.75. The van der Waals surface area contributed by atoms with Gasteiger partial charge in [0, 0.05) is 5.56 Å². The SMILES string of the molecule is CC1(Cc2ccc(C(=O)Nc3ccccc3N)cc2)C=CC=CC1. The number of hydrogen-bond acceptors (Lipinski definition) is 2. The predicted molar refractivity (Wildman–Crippen MR) is 100.0 cm³/mol. The Morgan fingerprint density at radius 2 is 1.88 bits per heavy atom. The molecule has 0 spiro atoms. The summed E-state index contributed by atoms with van der Waals surface area (Å²) >= 11 is 0. The van der Waals surface area contributed by atoms with Gasteiger partial charge in [-0.1, -0.05) is 55.5 Å². The van der Waals surface area contributed by atoms with Crippen molar-refractivity contribution in [3.05, 3.63) is 84.0 Å². The highest BCUT2D eigenvalue weighted by atomic mass is 16.1. The maximum atomic E-state index is 12.3. The Labute approximate surface area is 142 Å². The van der Waals surface area contributed by atoms with Gasteiger partial charge in [-0.05, 0) is 48.1 Å². The third-order valence-corrected chi connectivity index (χ3v) is 4.36. The van der Waals surface area contributed by atoms with E-state index in [1.165, 1.54) is 5.56 Å². The van der Waals surface area contributed by atoms with Crippen LogP contribution in [0, 0.1) is 5.41 Å². The molecule has 0 saturated heterocycles. The van der Waals surface area contributed by atoms with Crippen LogP contribution in [0.15, 0.2) is 72.8 Å². The van der Waals surface area contributed by atoms with Crippen molar-refractivity contribution in [1.29, 1.82) is 0 Å². The van der Waals surface area contributed by atoms with Crippen molar-refractivity contribution in [2.45, 2.75) is 19.8 Å². The van der Waals surface area contributed by atoms with Gasteiger partial charge in [-0.3, -0.25) is 4.79 Å². The first-order chi connectivity index (χ1) is 11.6. The molecular formula is C21H22N2O. The highest BCUT2D eigenvalue weighted by Gasteiger charge is 2.21. The first kappa shape index (κ1) is 16.1. The van der Waals surface area contributed by atoms with E-state index in [0.717, 1.165) is 12.8 Å². The van der Waals surface area contributed by atoms with Crippen molar-refractivity contribution < 1.29 is 4.79 Å². The van der Waals surface area contributed by atoms with E-state index in [2.05, 4.69) is 36.5 Å². The van der Waals surface area contributed by atoms with E-state index >= 15 is 0 Å². The molecule has 3 nitrogen and oxygen atoms in total. The van der Waals surface area contributed by atoms with Crippen molar-refractivity contribution in [2.75, 3.05) is 11.1 Å². The van der Waals surface area contributed by atoms with Gasteiger partial charge < -0.3 is 11.1 Å². The van der Waals surface area contributed by atoms with Crippen molar-refractivity contribution in [3.8, 4) is 0 Å². The van der Waals surface area contributed by atoms with Gasteiger partial charge in [0.1, 0.15) is 0 Å². The van der Waals surface area contributed by atoms with Crippen molar-refractivity contribution in [3.63, 3.8) is 0 Å². The number of rotatable bonds is 4. The van der Waals surface area contributed by atoms with Gasteiger partial charge in [-0.25, -0.2) is 0 Å². The molecule has 24 heavy (non-hydrogen) atoms. The lowest BCUT2D eigenvalue weighted by Crippen LogP contribution is -2.17. The normalized spacial score (nSPS) is 19.2. The fourth-order valence-corrected chi connectivity index (χ4v) is 2.95. The van der Waals surface area contributed by atoms with Crippen molar-refractivity contribution >= 4 is 17.3 Å². The van der Waals surface area contributed by atoms with E-state index < -0.39 is 0 Å². The molecule has 1 unspecified atom stereocenters. The Morgan fingerprint density at radius 1 is 1.12 bits per heavy atom. The minimum absolute atomic E-state index is 0.147. The zero-order valence-electron chi connectivity index (χ0n) is 13.8. The van der Waals surface area contributed by atoms with Crippen LogP contribution in [0.3, 0.4) is 0 Å². The molecule has 3 N–H and O–H groups in total. The number of hydrogen-bond donors (Lipinski definition) is 2. The Balaban J connectivity index is 1.68. The molecule has 0 saturated carbocycles. The standard InChI is InChI=1S/C21H22N2O/c1-21(13-5-2-6-14-21)15-16-9-11-17(12-10-16)20(24)23-19-8-4-3-7-18(19)22/h2-13H,14-15,22H2,1H3,(H,23,24). The number of para-hydroxylation sites is 2. The van der Waals surface area contributed by atoms with Crippen LogP contribution in [0.1, 0.15) is 29.3 Å². The third-order valence-electron chi connectivity index (χ3n) is 4.36. The predicted octanol–water partition coefficient (Wildman–Crippen LogP) is 4.59. The monoisotopic (exact) mass is 318 g/mol. The summed E-state index contributed by atoms with van der Waals surface area (Å²) in [4.78, 5) is 12.3. The molecular weight excluding hydrogens is 296 g/mol. The molecule has 0 fully saturated rings. The maximum absolute atomic E-state index is 12.3.